The van der Waals surface area contributed by atoms with Gasteiger partial charge in [0.25, 0.3) is 0 Å². The van der Waals surface area contributed by atoms with Crippen molar-refractivity contribution in [2.24, 2.45) is 56.7 Å². The molecule has 5 saturated carbocycles. The van der Waals surface area contributed by atoms with Crippen molar-refractivity contribution in [2.45, 2.75) is 144 Å². The predicted octanol–water partition coefficient (Wildman–Crippen LogP) is 6.44. The van der Waals surface area contributed by atoms with Crippen LogP contribution in [0.4, 0.5) is 0 Å². The van der Waals surface area contributed by atoms with E-state index in [0.717, 1.165) is 19.3 Å². The summed E-state index contributed by atoms with van der Waals surface area (Å²) < 4.78 is 19.6. The highest BCUT2D eigenvalue weighted by atomic mass is 16.7. The minimum atomic E-state index is -0.367. The number of ether oxygens (including phenoxy) is 3. The molecule has 0 aromatic heterocycles. The third-order valence-electron chi connectivity index (χ3n) is 15.4. The van der Waals surface area contributed by atoms with Gasteiger partial charge < -0.3 is 24.2 Å². The van der Waals surface area contributed by atoms with Crippen molar-refractivity contribution in [1.82, 2.24) is 4.90 Å². The van der Waals surface area contributed by atoms with E-state index in [2.05, 4.69) is 41.5 Å². The summed E-state index contributed by atoms with van der Waals surface area (Å²) in [4.78, 5) is 14.6. The molecule has 1 amide bonds. The van der Waals surface area contributed by atoms with Crippen molar-refractivity contribution >= 4 is 5.91 Å². The number of aliphatic hydroxyl groups is 1. The molecule has 0 aromatic carbocycles. The molecule has 6 nitrogen and oxygen atoms in total. The van der Waals surface area contributed by atoms with E-state index in [1.54, 1.807) is 0 Å². The molecule has 42 heavy (non-hydrogen) atoms. The zero-order valence-corrected chi connectivity index (χ0v) is 27.8. The van der Waals surface area contributed by atoms with Gasteiger partial charge in [-0.05, 0) is 103 Å². The van der Waals surface area contributed by atoms with Gasteiger partial charge in [-0.25, -0.2) is 0 Å². The largest absolute Gasteiger partial charge is 0.390 e. The molecule has 0 radical (unpaired) electrons. The van der Waals surface area contributed by atoms with Crippen molar-refractivity contribution in [3.8, 4) is 0 Å². The molecule has 6 heteroatoms. The number of carbonyl (C=O) groups excluding carboxylic acids is 1. The first kappa shape index (κ1) is 30.0. The summed E-state index contributed by atoms with van der Waals surface area (Å²) in [6.07, 6.45) is 10.5. The van der Waals surface area contributed by atoms with Crippen LogP contribution in [0.1, 0.15) is 113 Å². The molecule has 7 rings (SSSR count). The smallest absolute Gasteiger partial charge is 0.225 e. The van der Waals surface area contributed by atoms with E-state index in [4.69, 9.17) is 14.2 Å². The second-order valence-corrected chi connectivity index (χ2v) is 17.4. The summed E-state index contributed by atoms with van der Waals surface area (Å²) in [5.41, 5.74) is 0.829. The Hall–Kier alpha value is -0.690. The van der Waals surface area contributed by atoms with E-state index in [9.17, 15) is 9.90 Å². The van der Waals surface area contributed by atoms with Gasteiger partial charge in [0.1, 0.15) is 0 Å². The molecule has 7 fully saturated rings. The van der Waals surface area contributed by atoms with Gasteiger partial charge in [0.05, 0.1) is 37.6 Å². The standard InChI is InChI=1S/C36H59NO5/c1-9-23-18-22(4)28-29(41-23)30(38)34(8)25-11-10-24-32(5,6)26(42-27-19-37(16-17-40-27)31(39)21(2)3)12-13-35(24)20-36(25,35)15-14-33(28,34)7/h21-30,38H,9-20H2,1-8H3/t22-,23+,24+,25+,26+,27+,28+,29+,30+,33-,34-,35-,36+/m1/s1. The summed E-state index contributed by atoms with van der Waals surface area (Å²) in [5, 5.41) is 12.3. The normalized spacial score (nSPS) is 54.3. The Kier molecular flexibility index (Phi) is 6.90. The van der Waals surface area contributed by atoms with Crippen molar-refractivity contribution < 1.29 is 24.1 Å². The maximum absolute atomic E-state index is 12.7. The molecule has 2 spiro atoms. The number of morpholine rings is 1. The molecule has 1 N–H and O–H groups in total. The van der Waals surface area contributed by atoms with E-state index in [0.29, 0.717) is 60.3 Å². The number of hydrogen-bond acceptors (Lipinski definition) is 5. The van der Waals surface area contributed by atoms with Gasteiger partial charge in [0, 0.05) is 17.9 Å². The summed E-state index contributed by atoms with van der Waals surface area (Å²) in [6.45, 7) is 20.4. The average Bonchev–Trinajstić information content (AvgIpc) is 3.59. The van der Waals surface area contributed by atoms with Crippen LogP contribution in [0, 0.1) is 56.7 Å². The molecule has 0 bridgehead atoms. The lowest BCUT2D eigenvalue weighted by molar-refractivity contribution is -0.248. The first-order valence-corrected chi connectivity index (χ1v) is 17.7. The average molecular weight is 586 g/mol. The number of rotatable bonds is 4. The van der Waals surface area contributed by atoms with E-state index < -0.39 is 0 Å². The fourth-order valence-electron chi connectivity index (χ4n) is 13.3. The molecule has 5 aliphatic carbocycles. The van der Waals surface area contributed by atoms with Crippen LogP contribution in [-0.4, -0.2) is 66.3 Å². The maximum Gasteiger partial charge on any atom is 0.225 e. The van der Waals surface area contributed by atoms with Crippen molar-refractivity contribution in [3.05, 3.63) is 0 Å². The quantitative estimate of drug-likeness (QED) is 0.412. The van der Waals surface area contributed by atoms with E-state index >= 15 is 0 Å². The highest BCUT2D eigenvalue weighted by Crippen LogP contribution is 2.89. The first-order chi connectivity index (χ1) is 19.8. The summed E-state index contributed by atoms with van der Waals surface area (Å²) in [7, 11) is 0. The minimum Gasteiger partial charge on any atom is -0.390 e. The number of aliphatic hydroxyl groups excluding tert-OH is 1. The number of fused-ring (bicyclic) bond motifs is 4. The zero-order chi connectivity index (χ0) is 30.0. The van der Waals surface area contributed by atoms with Crippen molar-refractivity contribution in [1.29, 1.82) is 0 Å². The van der Waals surface area contributed by atoms with Crippen LogP contribution >= 0.6 is 0 Å². The Balaban J connectivity index is 1.12. The minimum absolute atomic E-state index is 0.000334. The SMILES string of the molecule is CC[C@H]1C[C@@H](C)[C@H]2[C@H](O1)[C@H](O)[C@@]1(C)[C@@H]3CC[C@H]4C(C)(C)[C@@H](O[C@H]5CN(C(=O)C(C)C)CCO5)CC[C@@]45C[C@@]35CC[C@]21C. The molecule has 0 aromatic rings. The molecule has 2 saturated heterocycles. The Morgan fingerprint density at radius 2 is 1.76 bits per heavy atom. The Bertz CT molecular complexity index is 1090. The number of carbonyl (C=O) groups is 1. The fraction of sp³-hybridized carbons (Fsp3) is 0.972. The highest BCUT2D eigenvalue weighted by molar-refractivity contribution is 5.78. The molecule has 238 valence electrons. The van der Waals surface area contributed by atoms with Crippen molar-refractivity contribution in [2.75, 3.05) is 19.7 Å². The predicted molar refractivity (Wildman–Crippen MR) is 162 cm³/mol. The number of amides is 1. The lowest BCUT2D eigenvalue weighted by atomic mass is 9.41. The lowest BCUT2D eigenvalue weighted by Crippen LogP contribution is -2.60. The Morgan fingerprint density at radius 1 is 1.05 bits per heavy atom. The van der Waals surface area contributed by atoms with E-state index in [1.807, 2.05) is 18.7 Å². The highest BCUT2D eigenvalue weighted by Gasteiger charge is 2.84. The van der Waals surface area contributed by atoms with Crippen LogP contribution in [0.15, 0.2) is 0 Å². The van der Waals surface area contributed by atoms with Crippen LogP contribution in [-0.2, 0) is 19.0 Å². The van der Waals surface area contributed by atoms with Crippen LogP contribution in [0.25, 0.3) is 0 Å². The second-order valence-electron chi connectivity index (χ2n) is 17.4. The van der Waals surface area contributed by atoms with Gasteiger partial charge in [-0.3, -0.25) is 4.79 Å². The second kappa shape index (κ2) is 9.66. The lowest BCUT2D eigenvalue weighted by Gasteiger charge is -2.64. The summed E-state index contributed by atoms with van der Waals surface area (Å²) in [6, 6.07) is 0. The van der Waals surface area contributed by atoms with Gasteiger partial charge in [-0.1, -0.05) is 55.4 Å². The van der Waals surface area contributed by atoms with Gasteiger partial charge in [0.2, 0.25) is 5.91 Å². The van der Waals surface area contributed by atoms with E-state index in [1.165, 1.54) is 38.5 Å². The molecule has 2 heterocycles. The molecule has 13 atom stereocenters. The Morgan fingerprint density at radius 3 is 2.48 bits per heavy atom. The molecule has 2 aliphatic heterocycles. The van der Waals surface area contributed by atoms with Crippen LogP contribution in [0.2, 0.25) is 0 Å². The topological polar surface area (TPSA) is 68.2 Å². The maximum atomic E-state index is 12.7. The molecular weight excluding hydrogens is 526 g/mol. The Labute approximate surface area is 255 Å². The number of hydrogen-bond donors (Lipinski definition) is 1. The van der Waals surface area contributed by atoms with Crippen molar-refractivity contribution in [3.63, 3.8) is 0 Å². The summed E-state index contributed by atoms with van der Waals surface area (Å²) >= 11 is 0. The van der Waals surface area contributed by atoms with E-state index in [-0.39, 0.29) is 52.7 Å². The first-order valence-electron chi connectivity index (χ1n) is 17.7. The number of nitrogens with zero attached hydrogens (tertiary/aromatic N) is 1. The summed E-state index contributed by atoms with van der Waals surface area (Å²) in [5.74, 6) is 2.47. The molecular formula is C36H59NO5. The zero-order valence-electron chi connectivity index (χ0n) is 27.8. The van der Waals surface area contributed by atoms with Crippen LogP contribution < -0.4 is 0 Å². The molecule has 0 unspecified atom stereocenters. The molecule has 7 aliphatic rings. The van der Waals surface area contributed by atoms with Gasteiger partial charge >= 0.3 is 0 Å². The third-order valence-corrected chi connectivity index (χ3v) is 15.4. The van der Waals surface area contributed by atoms with Gasteiger partial charge in [0.15, 0.2) is 6.29 Å². The fourth-order valence-corrected chi connectivity index (χ4v) is 13.3. The van der Waals surface area contributed by atoms with Gasteiger partial charge in [-0.2, -0.15) is 0 Å². The van der Waals surface area contributed by atoms with Crippen LogP contribution in [0.3, 0.4) is 0 Å². The monoisotopic (exact) mass is 585 g/mol. The third kappa shape index (κ3) is 3.67. The van der Waals surface area contributed by atoms with Crippen LogP contribution in [0.5, 0.6) is 0 Å². The van der Waals surface area contributed by atoms with Gasteiger partial charge in [-0.15, -0.1) is 0 Å².